The highest BCUT2D eigenvalue weighted by atomic mass is 14.9. The molecule has 0 spiro atoms. The fourth-order valence-electron chi connectivity index (χ4n) is 2.46. The van der Waals surface area contributed by atoms with Crippen LogP contribution in [0.3, 0.4) is 0 Å². The van der Waals surface area contributed by atoms with Gasteiger partial charge in [-0.15, -0.1) is 0 Å². The lowest BCUT2D eigenvalue weighted by atomic mass is 9.95. The number of benzene rings is 1. The van der Waals surface area contributed by atoms with Gasteiger partial charge in [-0.25, -0.2) is 0 Å². The highest BCUT2D eigenvalue weighted by Crippen LogP contribution is 2.21. The van der Waals surface area contributed by atoms with Crippen molar-refractivity contribution in [1.82, 2.24) is 10.3 Å². The molecule has 0 fully saturated rings. The van der Waals surface area contributed by atoms with E-state index in [1.165, 1.54) is 16.7 Å². The molecule has 0 aliphatic rings. The first-order valence-electron chi connectivity index (χ1n) is 7.05. The molecule has 0 amide bonds. The largest absolute Gasteiger partial charge is 0.310 e. The van der Waals surface area contributed by atoms with Gasteiger partial charge in [-0.2, -0.15) is 0 Å². The van der Waals surface area contributed by atoms with Crippen LogP contribution in [0.15, 0.2) is 48.8 Å². The average Bonchev–Trinajstić information content (AvgIpc) is 2.48. The van der Waals surface area contributed by atoms with Crippen molar-refractivity contribution >= 4 is 0 Å². The number of nitrogens with zero attached hydrogens (tertiary/aromatic N) is 1. The summed E-state index contributed by atoms with van der Waals surface area (Å²) in [5.41, 5.74) is 4.08. The van der Waals surface area contributed by atoms with Crippen molar-refractivity contribution in [2.75, 3.05) is 6.54 Å². The van der Waals surface area contributed by atoms with E-state index in [9.17, 15) is 0 Å². The van der Waals surface area contributed by atoms with E-state index in [0.717, 1.165) is 19.4 Å². The minimum Gasteiger partial charge on any atom is -0.310 e. The van der Waals surface area contributed by atoms with Gasteiger partial charge in [0.25, 0.3) is 0 Å². The Morgan fingerprint density at radius 1 is 1.11 bits per heavy atom. The maximum Gasteiger partial charge on any atom is 0.0364 e. The topological polar surface area (TPSA) is 24.9 Å². The zero-order valence-corrected chi connectivity index (χ0v) is 11.8. The minimum atomic E-state index is 0.366. The van der Waals surface area contributed by atoms with Gasteiger partial charge in [0, 0.05) is 18.4 Å². The third-order valence-corrected chi connectivity index (χ3v) is 3.43. The standard InChI is InChI=1S/C17H22N2/c1-3-15-13-18-11-10-16(15)17(19-4-2)12-14-8-6-5-7-9-14/h5-11,13,17,19H,3-4,12H2,1-2H3. The second-order valence-corrected chi connectivity index (χ2v) is 4.73. The highest BCUT2D eigenvalue weighted by Gasteiger charge is 2.14. The molecule has 2 nitrogen and oxygen atoms in total. The van der Waals surface area contributed by atoms with Crippen LogP contribution in [-0.2, 0) is 12.8 Å². The molecule has 1 unspecified atom stereocenters. The summed E-state index contributed by atoms with van der Waals surface area (Å²) in [6.45, 7) is 5.32. The van der Waals surface area contributed by atoms with E-state index < -0.39 is 0 Å². The van der Waals surface area contributed by atoms with Crippen LogP contribution in [-0.4, -0.2) is 11.5 Å². The Morgan fingerprint density at radius 2 is 1.89 bits per heavy atom. The van der Waals surface area contributed by atoms with Crippen LogP contribution >= 0.6 is 0 Å². The summed E-state index contributed by atoms with van der Waals surface area (Å²) in [6.07, 6.45) is 5.93. The van der Waals surface area contributed by atoms with Gasteiger partial charge in [-0.1, -0.05) is 44.2 Å². The Morgan fingerprint density at radius 3 is 2.58 bits per heavy atom. The molecule has 0 saturated carbocycles. The van der Waals surface area contributed by atoms with E-state index in [1.54, 1.807) is 0 Å². The van der Waals surface area contributed by atoms with E-state index in [1.807, 2.05) is 12.4 Å². The number of likely N-dealkylation sites (N-methyl/N-ethyl adjacent to an activating group) is 1. The predicted octanol–water partition coefficient (Wildman–Crippen LogP) is 3.54. The summed E-state index contributed by atoms with van der Waals surface area (Å²) in [5.74, 6) is 0. The summed E-state index contributed by atoms with van der Waals surface area (Å²) in [5, 5.41) is 3.59. The van der Waals surface area contributed by atoms with Crippen LogP contribution < -0.4 is 5.32 Å². The van der Waals surface area contributed by atoms with E-state index in [0.29, 0.717) is 6.04 Å². The first-order chi connectivity index (χ1) is 9.35. The van der Waals surface area contributed by atoms with Crippen LogP contribution in [0.25, 0.3) is 0 Å². The fraction of sp³-hybridized carbons (Fsp3) is 0.353. The van der Waals surface area contributed by atoms with Crippen LogP contribution in [0.1, 0.15) is 36.6 Å². The molecule has 2 rings (SSSR count). The van der Waals surface area contributed by atoms with Gasteiger partial charge < -0.3 is 5.32 Å². The predicted molar refractivity (Wildman–Crippen MR) is 80.2 cm³/mol. The smallest absolute Gasteiger partial charge is 0.0364 e. The summed E-state index contributed by atoms with van der Waals surface area (Å²) in [4.78, 5) is 4.24. The molecule has 0 aliphatic carbocycles. The quantitative estimate of drug-likeness (QED) is 0.853. The zero-order valence-electron chi connectivity index (χ0n) is 11.8. The van der Waals surface area contributed by atoms with Gasteiger partial charge in [0.05, 0.1) is 0 Å². The summed E-state index contributed by atoms with van der Waals surface area (Å²) >= 11 is 0. The molecule has 1 atom stereocenters. The maximum atomic E-state index is 4.24. The zero-order chi connectivity index (χ0) is 13.5. The van der Waals surface area contributed by atoms with E-state index in [-0.39, 0.29) is 0 Å². The number of aromatic nitrogens is 1. The number of nitrogens with one attached hydrogen (secondary N) is 1. The SMILES string of the molecule is CCNC(Cc1ccccc1)c1ccncc1CC. The summed E-state index contributed by atoms with van der Waals surface area (Å²) < 4.78 is 0. The Bertz CT molecular complexity index is 494. The van der Waals surface area contributed by atoms with Crippen LogP contribution in [0.2, 0.25) is 0 Å². The molecule has 19 heavy (non-hydrogen) atoms. The van der Waals surface area contributed by atoms with E-state index >= 15 is 0 Å². The number of hydrogen-bond donors (Lipinski definition) is 1. The molecule has 2 aromatic rings. The minimum absolute atomic E-state index is 0.366. The molecule has 1 N–H and O–H groups in total. The van der Waals surface area contributed by atoms with Crippen molar-refractivity contribution in [3.63, 3.8) is 0 Å². The van der Waals surface area contributed by atoms with Crippen molar-refractivity contribution in [2.45, 2.75) is 32.7 Å². The Balaban J connectivity index is 2.24. The molecule has 1 heterocycles. The molecular weight excluding hydrogens is 232 g/mol. The Hall–Kier alpha value is -1.67. The lowest BCUT2D eigenvalue weighted by Crippen LogP contribution is -2.24. The number of hydrogen-bond acceptors (Lipinski definition) is 2. The second-order valence-electron chi connectivity index (χ2n) is 4.73. The lowest BCUT2D eigenvalue weighted by Gasteiger charge is -2.21. The molecule has 1 aromatic carbocycles. The Kier molecular flexibility index (Phi) is 5.10. The van der Waals surface area contributed by atoms with Gasteiger partial charge in [-0.05, 0) is 42.1 Å². The third-order valence-electron chi connectivity index (χ3n) is 3.43. The molecule has 0 bridgehead atoms. The Labute approximate surface area is 115 Å². The molecule has 0 saturated heterocycles. The van der Waals surface area contributed by atoms with E-state index in [2.05, 4.69) is 60.5 Å². The molecule has 0 aliphatic heterocycles. The lowest BCUT2D eigenvalue weighted by molar-refractivity contribution is 0.545. The maximum absolute atomic E-state index is 4.24. The number of pyridine rings is 1. The molecule has 2 heteroatoms. The normalized spacial score (nSPS) is 12.3. The summed E-state index contributed by atoms with van der Waals surface area (Å²) in [7, 11) is 0. The van der Waals surface area contributed by atoms with Crippen molar-refractivity contribution in [3.8, 4) is 0 Å². The number of rotatable bonds is 6. The highest BCUT2D eigenvalue weighted by molar-refractivity contribution is 5.29. The van der Waals surface area contributed by atoms with Crippen LogP contribution in [0, 0.1) is 0 Å². The first-order valence-corrected chi connectivity index (χ1v) is 7.05. The monoisotopic (exact) mass is 254 g/mol. The second kappa shape index (κ2) is 7.05. The van der Waals surface area contributed by atoms with Gasteiger partial charge in [-0.3, -0.25) is 4.98 Å². The van der Waals surface area contributed by atoms with Gasteiger partial charge in [0.15, 0.2) is 0 Å². The van der Waals surface area contributed by atoms with Gasteiger partial charge >= 0.3 is 0 Å². The van der Waals surface area contributed by atoms with Crippen LogP contribution in [0.5, 0.6) is 0 Å². The number of aryl methyl sites for hydroxylation is 1. The molecule has 1 aromatic heterocycles. The van der Waals surface area contributed by atoms with E-state index in [4.69, 9.17) is 0 Å². The van der Waals surface area contributed by atoms with Gasteiger partial charge in [0.1, 0.15) is 0 Å². The first kappa shape index (κ1) is 13.8. The average molecular weight is 254 g/mol. The molecule has 0 radical (unpaired) electrons. The van der Waals surface area contributed by atoms with Crippen molar-refractivity contribution in [1.29, 1.82) is 0 Å². The summed E-state index contributed by atoms with van der Waals surface area (Å²) in [6, 6.07) is 13.2. The van der Waals surface area contributed by atoms with Crippen molar-refractivity contribution < 1.29 is 0 Å². The van der Waals surface area contributed by atoms with Crippen molar-refractivity contribution in [3.05, 3.63) is 65.5 Å². The van der Waals surface area contributed by atoms with Crippen molar-refractivity contribution in [2.24, 2.45) is 0 Å². The third kappa shape index (κ3) is 3.65. The molecule has 100 valence electrons. The van der Waals surface area contributed by atoms with Gasteiger partial charge in [0.2, 0.25) is 0 Å². The molecular formula is C17H22N2. The fourth-order valence-corrected chi connectivity index (χ4v) is 2.46. The van der Waals surface area contributed by atoms with Crippen LogP contribution in [0.4, 0.5) is 0 Å².